The Morgan fingerprint density at radius 2 is 1.05 bits per heavy atom. The minimum absolute atomic E-state index is 0.0555. The van der Waals surface area contributed by atoms with Crippen LogP contribution in [0.3, 0.4) is 0 Å². The van der Waals surface area contributed by atoms with Crippen molar-refractivity contribution in [1.82, 2.24) is 10.6 Å². The van der Waals surface area contributed by atoms with E-state index in [-0.39, 0.29) is 50.1 Å². The Morgan fingerprint density at radius 1 is 0.714 bits per heavy atom. The fourth-order valence-corrected chi connectivity index (χ4v) is 5.25. The van der Waals surface area contributed by atoms with Crippen molar-refractivity contribution < 1.29 is 38.1 Å². The van der Waals surface area contributed by atoms with Crippen LogP contribution >= 0.6 is 0 Å². The van der Waals surface area contributed by atoms with E-state index in [0.717, 1.165) is 25.7 Å². The summed E-state index contributed by atoms with van der Waals surface area (Å²) < 4.78 is 23.1. The van der Waals surface area contributed by atoms with Gasteiger partial charge >= 0.3 is 11.9 Å². The van der Waals surface area contributed by atoms with Crippen molar-refractivity contribution in [3.63, 3.8) is 0 Å². The van der Waals surface area contributed by atoms with Gasteiger partial charge in [0.2, 0.25) is 11.8 Å². The van der Waals surface area contributed by atoms with E-state index in [1.54, 1.807) is 12.2 Å². The van der Waals surface area contributed by atoms with Crippen LogP contribution in [0, 0.1) is 0 Å². The standard InChI is InChI=1S/C30H50N4O8/c1-7-21(8-2)41-25-15-19(13-23(31)27(25)33-17(5)35)29(37)39-11-12-40-30(38)20-14-24(32)28(34-18(6)36)26(16-20)42-22(9-3)10-4/h15-16,21-28H,7-14,31-32H2,1-6H3,(H,33,35)(H,34,36)/t23-,24-,25+,26+,27+,28+/m0/s1. The van der Waals surface area contributed by atoms with Gasteiger partial charge in [0.25, 0.3) is 0 Å². The zero-order valence-electron chi connectivity index (χ0n) is 25.9. The maximum atomic E-state index is 12.9. The Morgan fingerprint density at radius 3 is 1.33 bits per heavy atom. The van der Waals surface area contributed by atoms with Gasteiger partial charge in [-0.1, -0.05) is 27.7 Å². The van der Waals surface area contributed by atoms with Gasteiger partial charge in [-0.05, 0) is 50.7 Å². The summed E-state index contributed by atoms with van der Waals surface area (Å²) in [7, 11) is 0. The van der Waals surface area contributed by atoms with E-state index in [1.807, 2.05) is 27.7 Å². The van der Waals surface area contributed by atoms with E-state index >= 15 is 0 Å². The SMILES string of the molecule is CCC(CC)O[C@@H]1C=C(C(=O)OCCOC(=O)C2=C[C@@H](OC(CC)CC)[C@H](NC(C)=O)[C@@H](N)C2)C[C@H](N)[C@H]1NC(C)=O. The Bertz CT molecular complexity index is 914. The molecule has 0 fully saturated rings. The molecule has 6 atom stereocenters. The van der Waals surface area contributed by atoms with Crippen LogP contribution in [-0.2, 0) is 38.1 Å². The molecule has 0 aromatic carbocycles. The average molecular weight is 595 g/mol. The van der Waals surface area contributed by atoms with Crippen LogP contribution in [-0.4, -0.2) is 85.5 Å². The number of nitrogens with one attached hydrogen (secondary N) is 2. The topological polar surface area (TPSA) is 181 Å². The van der Waals surface area contributed by atoms with Crippen molar-refractivity contribution in [3.8, 4) is 0 Å². The summed E-state index contributed by atoms with van der Waals surface area (Å²) >= 11 is 0. The molecule has 0 aliphatic heterocycles. The maximum absolute atomic E-state index is 12.9. The zero-order valence-corrected chi connectivity index (χ0v) is 25.9. The van der Waals surface area contributed by atoms with E-state index < -0.39 is 48.3 Å². The first-order valence-electron chi connectivity index (χ1n) is 15.1. The number of carbonyl (C=O) groups is 4. The number of ether oxygens (including phenoxy) is 4. The fraction of sp³-hybridized carbons (Fsp3) is 0.733. The minimum Gasteiger partial charge on any atom is -0.459 e. The molecule has 0 saturated carbocycles. The summed E-state index contributed by atoms with van der Waals surface area (Å²) in [6.07, 6.45) is 5.54. The summed E-state index contributed by atoms with van der Waals surface area (Å²) in [5.74, 6) is -1.64. The summed E-state index contributed by atoms with van der Waals surface area (Å²) in [5, 5.41) is 5.68. The molecule has 2 rings (SSSR count). The van der Waals surface area contributed by atoms with Gasteiger partial charge in [-0.3, -0.25) is 9.59 Å². The molecular weight excluding hydrogens is 544 g/mol. The molecule has 0 spiro atoms. The number of rotatable bonds is 15. The first-order chi connectivity index (χ1) is 19.9. The van der Waals surface area contributed by atoms with Crippen molar-refractivity contribution in [2.75, 3.05) is 13.2 Å². The molecule has 0 unspecified atom stereocenters. The molecular formula is C30H50N4O8. The van der Waals surface area contributed by atoms with Crippen molar-refractivity contribution in [3.05, 3.63) is 23.3 Å². The van der Waals surface area contributed by atoms with Gasteiger partial charge in [0, 0.05) is 37.1 Å². The van der Waals surface area contributed by atoms with E-state index in [2.05, 4.69) is 10.6 Å². The van der Waals surface area contributed by atoms with E-state index in [0.29, 0.717) is 11.1 Å². The Hall–Kier alpha value is -2.80. The zero-order chi connectivity index (χ0) is 31.4. The smallest absolute Gasteiger partial charge is 0.333 e. The minimum atomic E-state index is -0.586. The number of esters is 2. The van der Waals surface area contributed by atoms with Crippen LogP contribution in [0.4, 0.5) is 0 Å². The van der Waals surface area contributed by atoms with Crippen molar-refractivity contribution in [1.29, 1.82) is 0 Å². The quantitative estimate of drug-likeness (QED) is 0.160. The number of carbonyl (C=O) groups excluding carboxylic acids is 4. The molecule has 0 radical (unpaired) electrons. The summed E-state index contributed by atoms with van der Waals surface area (Å²) in [6.45, 7) is 10.5. The van der Waals surface area contributed by atoms with Gasteiger partial charge in [0.15, 0.2) is 0 Å². The van der Waals surface area contributed by atoms with Gasteiger partial charge in [0.05, 0.1) is 36.5 Å². The lowest BCUT2D eigenvalue weighted by Gasteiger charge is -2.36. The molecule has 2 aliphatic carbocycles. The highest BCUT2D eigenvalue weighted by Crippen LogP contribution is 2.25. The molecule has 238 valence electrons. The summed E-state index contributed by atoms with van der Waals surface area (Å²) in [5.41, 5.74) is 13.3. The molecule has 2 aliphatic rings. The molecule has 0 aromatic heterocycles. The molecule has 0 heterocycles. The van der Waals surface area contributed by atoms with Gasteiger partial charge in [-0.25, -0.2) is 9.59 Å². The second kappa shape index (κ2) is 17.3. The molecule has 12 heteroatoms. The molecule has 0 bridgehead atoms. The van der Waals surface area contributed by atoms with Crippen LogP contribution in [0.5, 0.6) is 0 Å². The van der Waals surface area contributed by atoms with E-state index in [9.17, 15) is 19.2 Å². The number of hydrogen-bond donors (Lipinski definition) is 4. The predicted molar refractivity (Wildman–Crippen MR) is 157 cm³/mol. The largest absolute Gasteiger partial charge is 0.459 e. The number of hydrogen-bond acceptors (Lipinski definition) is 10. The Balaban J connectivity index is 2.01. The van der Waals surface area contributed by atoms with Gasteiger partial charge in [-0.2, -0.15) is 0 Å². The Labute approximate surface area is 249 Å². The lowest BCUT2D eigenvalue weighted by atomic mass is 9.88. The average Bonchev–Trinajstić information content (AvgIpc) is 2.94. The van der Waals surface area contributed by atoms with Gasteiger partial charge < -0.3 is 41.0 Å². The predicted octanol–water partition coefficient (Wildman–Crippen LogP) is 1.54. The molecule has 12 nitrogen and oxygen atoms in total. The van der Waals surface area contributed by atoms with Crippen LogP contribution in [0.15, 0.2) is 23.3 Å². The maximum Gasteiger partial charge on any atom is 0.333 e. The number of amides is 2. The first-order valence-corrected chi connectivity index (χ1v) is 15.1. The monoisotopic (exact) mass is 594 g/mol. The van der Waals surface area contributed by atoms with Crippen LogP contribution in [0.1, 0.15) is 80.1 Å². The summed E-state index contributed by atoms with van der Waals surface area (Å²) in [6, 6.07) is -2.03. The second-order valence-corrected chi connectivity index (χ2v) is 10.9. The summed E-state index contributed by atoms with van der Waals surface area (Å²) in [4.78, 5) is 49.2. The highest BCUT2D eigenvalue weighted by molar-refractivity contribution is 5.90. The molecule has 0 aromatic rings. The van der Waals surface area contributed by atoms with Crippen molar-refractivity contribution in [2.45, 2.75) is 129 Å². The second-order valence-electron chi connectivity index (χ2n) is 10.9. The van der Waals surface area contributed by atoms with Gasteiger partial charge in [0.1, 0.15) is 13.2 Å². The number of nitrogens with two attached hydrogens (primary N) is 2. The van der Waals surface area contributed by atoms with Gasteiger partial charge in [-0.15, -0.1) is 0 Å². The van der Waals surface area contributed by atoms with Crippen LogP contribution in [0.2, 0.25) is 0 Å². The highest BCUT2D eigenvalue weighted by Gasteiger charge is 2.37. The normalized spacial score (nSPS) is 25.9. The lowest BCUT2D eigenvalue weighted by molar-refractivity contribution is -0.148. The third-order valence-corrected chi connectivity index (χ3v) is 7.61. The van der Waals surface area contributed by atoms with Crippen LogP contribution < -0.4 is 22.1 Å². The highest BCUT2D eigenvalue weighted by atomic mass is 16.6. The molecule has 6 N–H and O–H groups in total. The molecule has 42 heavy (non-hydrogen) atoms. The van der Waals surface area contributed by atoms with E-state index in [1.165, 1.54) is 13.8 Å². The Kier molecular flexibility index (Phi) is 14.6. The van der Waals surface area contributed by atoms with Crippen molar-refractivity contribution in [2.24, 2.45) is 11.5 Å². The fourth-order valence-electron chi connectivity index (χ4n) is 5.25. The van der Waals surface area contributed by atoms with E-state index in [4.69, 9.17) is 30.4 Å². The van der Waals surface area contributed by atoms with Crippen LogP contribution in [0.25, 0.3) is 0 Å². The third-order valence-electron chi connectivity index (χ3n) is 7.61. The lowest BCUT2D eigenvalue weighted by Crippen LogP contribution is -2.57. The third kappa shape index (κ3) is 10.5. The molecule has 0 saturated heterocycles. The molecule has 2 amide bonds. The first kappa shape index (κ1) is 35.4. The van der Waals surface area contributed by atoms with Crippen molar-refractivity contribution >= 4 is 23.8 Å².